The number of carbonyl (C=O) groups excluding carboxylic acids is 3. The van der Waals surface area contributed by atoms with Crippen molar-refractivity contribution >= 4 is 17.9 Å². The molecule has 1 aromatic rings. The van der Waals surface area contributed by atoms with Crippen molar-refractivity contribution in [2.24, 2.45) is 0 Å². The number of carbonyl (C=O) groups is 3. The van der Waals surface area contributed by atoms with Crippen LogP contribution in [0.4, 0.5) is 4.79 Å². The average molecular weight is 276 g/mol. The van der Waals surface area contributed by atoms with E-state index in [1.165, 1.54) is 6.92 Å². The van der Waals surface area contributed by atoms with Gasteiger partial charge in [0, 0.05) is 13.1 Å². The zero-order valence-electron chi connectivity index (χ0n) is 11.4. The van der Waals surface area contributed by atoms with E-state index in [-0.39, 0.29) is 0 Å². The fraction of sp³-hybridized carbons (Fsp3) is 0.357. The molecule has 0 saturated carbocycles. The van der Waals surface area contributed by atoms with Crippen LogP contribution in [0.25, 0.3) is 0 Å². The molecule has 0 aliphatic carbocycles. The van der Waals surface area contributed by atoms with E-state index in [2.05, 4.69) is 5.32 Å². The molecule has 106 valence electrons. The number of rotatable bonds is 3. The summed E-state index contributed by atoms with van der Waals surface area (Å²) in [6.45, 7) is 3.97. The number of hydrogen-bond acceptors (Lipinski definition) is 4. The summed E-state index contributed by atoms with van der Waals surface area (Å²) in [5.74, 6) is -1.08. The quantitative estimate of drug-likeness (QED) is 0.839. The predicted molar refractivity (Wildman–Crippen MR) is 71.2 cm³/mol. The molecule has 1 aliphatic rings. The van der Waals surface area contributed by atoms with E-state index in [0.717, 1.165) is 10.5 Å². The number of nitrogens with zero attached hydrogens (tertiary/aromatic N) is 1. The van der Waals surface area contributed by atoms with Gasteiger partial charge in [-0.25, -0.2) is 9.59 Å². The number of hydrogen-bond donors (Lipinski definition) is 1. The zero-order valence-corrected chi connectivity index (χ0v) is 11.4. The van der Waals surface area contributed by atoms with Gasteiger partial charge in [-0.2, -0.15) is 0 Å². The smallest absolute Gasteiger partial charge is 0.339 e. The van der Waals surface area contributed by atoms with Crippen LogP contribution >= 0.6 is 0 Å². The van der Waals surface area contributed by atoms with Crippen LogP contribution in [0.15, 0.2) is 24.3 Å². The summed E-state index contributed by atoms with van der Waals surface area (Å²) < 4.78 is 5.13. The molecule has 0 radical (unpaired) electrons. The molecule has 1 unspecified atom stereocenters. The van der Waals surface area contributed by atoms with Crippen LogP contribution in [0.1, 0.15) is 22.8 Å². The number of urea groups is 1. The van der Waals surface area contributed by atoms with Crippen molar-refractivity contribution in [2.75, 3.05) is 13.1 Å². The minimum atomic E-state index is -0.994. The second kappa shape index (κ2) is 5.73. The van der Waals surface area contributed by atoms with Crippen LogP contribution in [0, 0.1) is 6.92 Å². The average Bonchev–Trinajstić information content (AvgIpc) is 2.84. The van der Waals surface area contributed by atoms with Crippen LogP contribution in [0.3, 0.4) is 0 Å². The van der Waals surface area contributed by atoms with E-state index in [0.29, 0.717) is 18.7 Å². The largest absolute Gasteiger partial charge is 0.449 e. The number of aryl methyl sites for hydroxylation is 1. The first-order chi connectivity index (χ1) is 9.50. The van der Waals surface area contributed by atoms with Gasteiger partial charge in [0.15, 0.2) is 6.10 Å². The van der Waals surface area contributed by atoms with Gasteiger partial charge in [0.25, 0.3) is 5.91 Å². The number of nitrogens with one attached hydrogen (secondary N) is 1. The van der Waals surface area contributed by atoms with E-state index in [1.54, 1.807) is 25.1 Å². The first-order valence-electron chi connectivity index (χ1n) is 6.36. The molecule has 0 aromatic heterocycles. The highest BCUT2D eigenvalue weighted by molar-refractivity contribution is 5.99. The molecule has 1 saturated heterocycles. The number of ether oxygens (including phenoxy) is 1. The van der Waals surface area contributed by atoms with Crippen LogP contribution in [-0.4, -0.2) is 42.0 Å². The third kappa shape index (κ3) is 2.79. The first kappa shape index (κ1) is 14.0. The van der Waals surface area contributed by atoms with Gasteiger partial charge < -0.3 is 10.1 Å². The van der Waals surface area contributed by atoms with Gasteiger partial charge in [0.1, 0.15) is 0 Å². The molecule has 6 nitrogen and oxygen atoms in total. The van der Waals surface area contributed by atoms with Crippen LogP contribution in [0.2, 0.25) is 0 Å². The molecule has 0 bridgehead atoms. The topological polar surface area (TPSA) is 75.7 Å². The summed E-state index contributed by atoms with van der Waals surface area (Å²) in [6.07, 6.45) is -0.994. The van der Waals surface area contributed by atoms with E-state index in [1.807, 2.05) is 6.07 Å². The highest BCUT2D eigenvalue weighted by Gasteiger charge is 2.31. The maximum atomic E-state index is 12.0. The van der Waals surface area contributed by atoms with Crippen molar-refractivity contribution in [3.8, 4) is 0 Å². The van der Waals surface area contributed by atoms with Crippen molar-refractivity contribution in [3.63, 3.8) is 0 Å². The SMILES string of the molecule is Cc1ccccc1C(=O)OC(C)C(=O)N1CCNC1=O. The fourth-order valence-corrected chi connectivity index (χ4v) is 1.98. The summed E-state index contributed by atoms with van der Waals surface area (Å²) in [6, 6.07) is 6.52. The van der Waals surface area contributed by atoms with Crippen LogP contribution in [0.5, 0.6) is 0 Å². The number of amides is 3. The predicted octanol–water partition coefficient (Wildman–Crippen LogP) is 1.09. The highest BCUT2D eigenvalue weighted by Crippen LogP contribution is 2.11. The number of esters is 1. The zero-order chi connectivity index (χ0) is 14.7. The molecule has 1 N–H and O–H groups in total. The van der Waals surface area contributed by atoms with E-state index in [4.69, 9.17) is 4.74 Å². The molecule has 6 heteroatoms. The Balaban J connectivity index is 2.02. The third-order valence-electron chi connectivity index (χ3n) is 3.12. The van der Waals surface area contributed by atoms with Gasteiger partial charge in [-0.1, -0.05) is 18.2 Å². The van der Waals surface area contributed by atoms with Crippen molar-refractivity contribution in [3.05, 3.63) is 35.4 Å². The maximum absolute atomic E-state index is 12.0. The Kier molecular flexibility index (Phi) is 4.02. The number of benzene rings is 1. The van der Waals surface area contributed by atoms with Gasteiger partial charge in [0.05, 0.1) is 5.56 Å². The Morgan fingerprint density at radius 3 is 2.65 bits per heavy atom. The van der Waals surface area contributed by atoms with Crippen molar-refractivity contribution < 1.29 is 19.1 Å². The van der Waals surface area contributed by atoms with E-state index < -0.39 is 24.0 Å². The van der Waals surface area contributed by atoms with Gasteiger partial charge in [0.2, 0.25) is 0 Å². The monoisotopic (exact) mass is 276 g/mol. The molecule has 2 rings (SSSR count). The lowest BCUT2D eigenvalue weighted by Gasteiger charge is -2.18. The Morgan fingerprint density at radius 2 is 2.05 bits per heavy atom. The van der Waals surface area contributed by atoms with Gasteiger partial charge in [-0.3, -0.25) is 9.69 Å². The molecule has 1 heterocycles. The second-order valence-corrected chi connectivity index (χ2v) is 4.58. The second-order valence-electron chi connectivity index (χ2n) is 4.58. The normalized spacial score (nSPS) is 15.7. The van der Waals surface area contributed by atoms with E-state index >= 15 is 0 Å². The summed E-state index contributed by atoms with van der Waals surface area (Å²) in [5, 5.41) is 2.53. The molecule has 1 aliphatic heterocycles. The minimum absolute atomic E-state index is 0.296. The highest BCUT2D eigenvalue weighted by atomic mass is 16.5. The molecule has 3 amide bonds. The number of imide groups is 1. The van der Waals surface area contributed by atoms with Gasteiger partial charge in [-0.15, -0.1) is 0 Å². The van der Waals surface area contributed by atoms with Gasteiger partial charge in [-0.05, 0) is 25.5 Å². The molecular formula is C14H16N2O4. The summed E-state index contributed by atoms with van der Waals surface area (Å²) in [7, 11) is 0. The summed E-state index contributed by atoms with van der Waals surface area (Å²) in [4.78, 5) is 36.4. The Hall–Kier alpha value is -2.37. The van der Waals surface area contributed by atoms with Crippen molar-refractivity contribution in [2.45, 2.75) is 20.0 Å². The summed E-state index contributed by atoms with van der Waals surface area (Å²) >= 11 is 0. The molecule has 1 aromatic carbocycles. The van der Waals surface area contributed by atoms with E-state index in [9.17, 15) is 14.4 Å². The lowest BCUT2D eigenvalue weighted by molar-refractivity contribution is -0.136. The maximum Gasteiger partial charge on any atom is 0.339 e. The Morgan fingerprint density at radius 1 is 1.35 bits per heavy atom. The van der Waals surface area contributed by atoms with Crippen LogP contribution < -0.4 is 5.32 Å². The Labute approximate surface area is 116 Å². The molecule has 1 fully saturated rings. The molecule has 20 heavy (non-hydrogen) atoms. The third-order valence-corrected chi connectivity index (χ3v) is 3.12. The molecule has 0 spiro atoms. The standard InChI is InChI=1S/C14H16N2O4/c1-9-5-3-4-6-11(9)13(18)20-10(2)12(17)16-8-7-15-14(16)19/h3-6,10H,7-8H2,1-2H3,(H,15,19). The Bertz CT molecular complexity index is 556. The van der Waals surface area contributed by atoms with Gasteiger partial charge >= 0.3 is 12.0 Å². The first-order valence-corrected chi connectivity index (χ1v) is 6.36. The van der Waals surface area contributed by atoms with Crippen molar-refractivity contribution in [1.29, 1.82) is 0 Å². The molecular weight excluding hydrogens is 260 g/mol. The summed E-state index contributed by atoms with van der Waals surface area (Å²) in [5.41, 5.74) is 1.19. The minimum Gasteiger partial charge on any atom is -0.449 e. The lowest BCUT2D eigenvalue weighted by atomic mass is 10.1. The van der Waals surface area contributed by atoms with Crippen molar-refractivity contribution in [1.82, 2.24) is 10.2 Å². The molecule has 1 atom stereocenters. The van der Waals surface area contributed by atoms with Crippen LogP contribution in [-0.2, 0) is 9.53 Å². The fourth-order valence-electron chi connectivity index (χ4n) is 1.98. The lowest BCUT2D eigenvalue weighted by Crippen LogP contribution is -2.41.